The fourth-order valence-corrected chi connectivity index (χ4v) is 4.16. The summed E-state index contributed by atoms with van der Waals surface area (Å²) in [4.78, 5) is 32.3. The van der Waals surface area contributed by atoms with Gasteiger partial charge in [-0.05, 0) is 38.3 Å². The van der Waals surface area contributed by atoms with Crippen molar-refractivity contribution < 1.29 is 13.9 Å². The normalized spacial score (nSPS) is 13.7. The van der Waals surface area contributed by atoms with E-state index in [2.05, 4.69) is 4.98 Å². The highest BCUT2D eigenvalue weighted by molar-refractivity contribution is 5.68. The number of rotatable bonds is 4. The number of ether oxygens (including phenoxy) is 1. The van der Waals surface area contributed by atoms with Crippen molar-refractivity contribution in [3.8, 4) is 0 Å². The molecule has 0 fully saturated rings. The van der Waals surface area contributed by atoms with Crippen molar-refractivity contribution in [2.75, 3.05) is 6.54 Å². The van der Waals surface area contributed by atoms with E-state index < -0.39 is 24.4 Å². The minimum absolute atomic E-state index is 0.0440. The van der Waals surface area contributed by atoms with Crippen LogP contribution in [0.2, 0.25) is 0 Å². The Morgan fingerprint density at radius 3 is 2.15 bits per heavy atom. The van der Waals surface area contributed by atoms with E-state index in [1.54, 1.807) is 20.8 Å². The number of hydrogen-bond donors (Lipinski definition) is 0. The van der Waals surface area contributed by atoms with E-state index in [0.717, 1.165) is 11.1 Å². The van der Waals surface area contributed by atoms with Crippen LogP contribution in [0.5, 0.6) is 0 Å². The Balaban J connectivity index is 1.79. The highest BCUT2D eigenvalue weighted by Gasteiger charge is 2.31. The molecule has 7 heteroatoms. The van der Waals surface area contributed by atoms with Crippen molar-refractivity contribution in [3.05, 3.63) is 99.2 Å². The molecule has 6 nitrogen and oxygen atoms in total. The summed E-state index contributed by atoms with van der Waals surface area (Å²) in [6.45, 7) is 4.96. The molecule has 172 valence electrons. The number of aromatic nitrogens is 2. The standard InChI is InChI=1S/C26H28FN3O3/c1-26(2,3)33-25(32)29-15-14-20-21(17-29)28-22(16-27)30(24(20)31)23(18-10-6-4-7-11-18)19-12-8-5-9-13-19/h4-13,23H,14-17H2,1-3H3. The minimum Gasteiger partial charge on any atom is -0.444 e. The second-order valence-electron chi connectivity index (χ2n) is 9.14. The maximum absolute atomic E-state index is 14.3. The topological polar surface area (TPSA) is 64.4 Å². The predicted octanol–water partition coefficient (Wildman–Crippen LogP) is 4.64. The SMILES string of the molecule is CC(C)(C)OC(=O)N1CCc2c(nc(CF)n(C(c3ccccc3)c3ccccc3)c2=O)C1. The molecule has 1 aliphatic rings. The van der Waals surface area contributed by atoms with Crippen molar-refractivity contribution >= 4 is 6.09 Å². The Kier molecular flexibility index (Phi) is 6.31. The van der Waals surface area contributed by atoms with E-state index in [1.165, 1.54) is 9.47 Å². The van der Waals surface area contributed by atoms with Gasteiger partial charge in [-0.1, -0.05) is 60.7 Å². The van der Waals surface area contributed by atoms with Crippen LogP contribution in [-0.2, 0) is 24.4 Å². The highest BCUT2D eigenvalue weighted by Crippen LogP contribution is 2.28. The lowest BCUT2D eigenvalue weighted by atomic mass is 9.97. The van der Waals surface area contributed by atoms with Gasteiger partial charge in [0.05, 0.1) is 18.3 Å². The van der Waals surface area contributed by atoms with Crippen LogP contribution in [0, 0.1) is 0 Å². The zero-order valence-electron chi connectivity index (χ0n) is 19.1. The average molecular weight is 450 g/mol. The molecule has 1 aliphatic heterocycles. The van der Waals surface area contributed by atoms with Gasteiger partial charge in [-0.2, -0.15) is 0 Å². The third kappa shape index (κ3) is 4.82. The summed E-state index contributed by atoms with van der Waals surface area (Å²) in [7, 11) is 0. The third-order valence-corrected chi connectivity index (χ3v) is 5.60. The smallest absolute Gasteiger partial charge is 0.410 e. The molecule has 0 unspecified atom stereocenters. The van der Waals surface area contributed by atoms with Crippen LogP contribution in [0.1, 0.15) is 55.0 Å². The monoisotopic (exact) mass is 449 g/mol. The van der Waals surface area contributed by atoms with Crippen LogP contribution in [-0.4, -0.2) is 32.7 Å². The Morgan fingerprint density at radius 1 is 1.06 bits per heavy atom. The molecular formula is C26H28FN3O3. The minimum atomic E-state index is -0.898. The van der Waals surface area contributed by atoms with Gasteiger partial charge >= 0.3 is 6.09 Å². The zero-order chi connectivity index (χ0) is 23.6. The van der Waals surface area contributed by atoms with Crippen LogP contribution in [0.4, 0.5) is 9.18 Å². The van der Waals surface area contributed by atoms with Gasteiger partial charge in [0.15, 0.2) is 0 Å². The van der Waals surface area contributed by atoms with Crippen LogP contribution in [0.15, 0.2) is 65.5 Å². The maximum Gasteiger partial charge on any atom is 0.410 e. The molecule has 0 aliphatic carbocycles. The van der Waals surface area contributed by atoms with Crippen LogP contribution >= 0.6 is 0 Å². The number of nitrogens with zero attached hydrogens (tertiary/aromatic N) is 3. The van der Waals surface area contributed by atoms with Crippen molar-refractivity contribution in [2.45, 2.75) is 52.1 Å². The molecule has 0 N–H and O–H groups in total. The summed E-state index contributed by atoms with van der Waals surface area (Å²) in [5.41, 5.74) is 1.79. The number of hydrogen-bond acceptors (Lipinski definition) is 4. The molecule has 33 heavy (non-hydrogen) atoms. The van der Waals surface area contributed by atoms with E-state index >= 15 is 0 Å². The van der Waals surface area contributed by atoms with E-state index in [1.807, 2.05) is 60.7 Å². The van der Waals surface area contributed by atoms with Gasteiger partial charge in [0.25, 0.3) is 5.56 Å². The summed E-state index contributed by atoms with van der Waals surface area (Å²) >= 11 is 0. The molecule has 3 aromatic rings. The fourth-order valence-electron chi connectivity index (χ4n) is 4.16. The summed E-state index contributed by atoms with van der Waals surface area (Å²) in [6, 6.07) is 18.6. The van der Waals surface area contributed by atoms with Crippen LogP contribution < -0.4 is 5.56 Å². The van der Waals surface area contributed by atoms with E-state index in [-0.39, 0.29) is 17.9 Å². The molecule has 0 saturated carbocycles. The lowest BCUT2D eigenvalue weighted by Gasteiger charge is -2.32. The molecular weight excluding hydrogens is 421 g/mol. The van der Waals surface area contributed by atoms with Crippen molar-refractivity contribution in [1.29, 1.82) is 0 Å². The number of benzene rings is 2. The molecule has 1 aromatic heterocycles. The van der Waals surface area contributed by atoms with Crippen molar-refractivity contribution in [1.82, 2.24) is 14.5 Å². The van der Waals surface area contributed by atoms with Crippen LogP contribution in [0.3, 0.4) is 0 Å². The number of alkyl halides is 1. The quantitative estimate of drug-likeness (QED) is 0.582. The Labute approximate surface area is 192 Å². The fraction of sp³-hybridized carbons (Fsp3) is 0.346. The third-order valence-electron chi connectivity index (χ3n) is 5.60. The highest BCUT2D eigenvalue weighted by atomic mass is 19.1. The van der Waals surface area contributed by atoms with Gasteiger partial charge in [0.1, 0.15) is 18.1 Å². The van der Waals surface area contributed by atoms with E-state index in [9.17, 15) is 14.0 Å². The number of amides is 1. The first-order valence-corrected chi connectivity index (χ1v) is 11.1. The Morgan fingerprint density at radius 2 is 1.64 bits per heavy atom. The largest absolute Gasteiger partial charge is 0.444 e. The summed E-state index contributed by atoms with van der Waals surface area (Å²) in [5, 5.41) is 0. The van der Waals surface area contributed by atoms with Crippen molar-refractivity contribution in [2.24, 2.45) is 0 Å². The zero-order valence-corrected chi connectivity index (χ0v) is 19.1. The first kappa shape index (κ1) is 22.7. The van der Waals surface area contributed by atoms with Gasteiger partial charge in [0, 0.05) is 12.1 Å². The lowest BCUT2D eigenvalue weighted by molar-refractivity contribution is 0.0219. The summed E-state index contributed by atoms with van der Waals surface area (Å²) < 4.78 is 21.2. The lowest BCUT2D eigenvalue weighted by Crippen LogP contribution is -2.44. The van der Waals surface area contributed by atoms with E-state index in [0.29, 0.717) is 24.2 Å². The molecule has 1 amide bonds. The second-order valence-corrected chi connectivity index (χ2v) is 9.14. The molecule has 0 radical (unpaired) electrons. The number of carbonyl (C=O) groups is 1. The molecule has 2 heterocycles. The van der Waals surface area contributed by atoms with Gasteiger partial charge in [-0.15, -0.1) is 0 Å². The van der Waals surface area contributed by atoms with Crippen LogP contribution in [0.25, 0.3) is 0 Å². The van der Waals surface area contributed by atoms with Gasteiger partial charge < -0.3 is 9.64 Å². The van der Waals surface area contributed by atoms with Gasteiger partial charge in [0.2, 0.25) is 0 Å². The first-order valence-electron chi connectivity index (χ1n) is 11.1. The molecule has 2 aromatic carbocycles. The van der Waals surface area contributed by atoms with Gasteiger partial charge in [-0.25, -0.2) is 14.2 Å². The predicted molar refractivity (Wildman–Crippen MR) is 124 cm³/mol. The van der Waals surface area contributed by atoms with Gasteiger partial charge in [-0.3, -0.25) is 9.36 Å². The molecule has 0 saturated heterocycles. The Bertz CT molecular complexity index is 1150. The number of carbonyl (C=O) groups excluding carboxylic acids is 1. The molecule has 0 spiro atoms. The maximum atomic E-state index is 14.3. The average Bonchev–Trinajstić information content (AvgIpc) is 2.80. The first-order chi connectivity index (χ1) is 15.8. The number of halogens is 1. The molecule has 0 bridgehead atoms. The summed E-state index contributed by atoms with van der Waals surface area (Å²) in [5.74, 6) is 0.0440. The molecule has 4 rings (SSSR count). The molecule has 0 atom stereocenters. The second kappa shape index (κ2) is 9.17. The summed E-state index contributed by atoms with van der Waals surface area (Å²) in [6.07, 6.45) is -0.129. The number of fused-ring (bicyclic) bond motifs is 1. The Hall–Kier alpha value is -3.48. The van der Waals surface area contributed by atoms with Crippen molar-refractivity contribution in [3.63, 3.8) is 0 Å². The van der Waals surface area contributed by atoms with E-state index in [4.69, 9.17) is 4.74 Å².